The molecule has 10 nitrogen and oxygen atoms in total. The van der Waals surface area contributed by atoms with E-state index in [1.54, 1.807) is 12.1 Å². The van der Waals surface area contributed by atoms with E-state index in [0.29, 0.717) is 10.9 Å². The number of halogens is 4. The van der Waals surface area contributed by atoms with Gasteiger partial charge in [0.2, 0.25) is 11.5 Å². The summed E-state index contributed by atoms with van der Waals surface area (Å²) >= 11 is 0. The van der Waals surface area contributed by atoms with Crippen molar-refractivity contribution in [3.63, 3.8) is 0 Å². The van der Waals surface area contributed by atoms with Crippen molar-refractivity contribution in [3.05, 3.63) is 83.4 Å². The summed E-state index contributed by atoms with van der Waals surface area (Å²) in [6.45, 7) is 0.500. The van der Waals surface area contributed by atoms with Crippen molar-refractivity contribution >= 4 is 22.7 Å². The number of amides is 2. The Hall–Kier alpha value is -4.82. The number of nitrogens with zero attached hydrogens (tertiary/aromatic N) is 2. The first-order chi connectivity index (χ1) is 21.8. The molecular formula is C32H28F4N4O6. The fourth-order valence-electron chi connectivity index (χ4n) is 5.34. The molecule has 240 valence electrons. The number of carbonyl (C=O) groups excluding carboxylic acids is 2. The van der Waals surface area contributed by atoms with Crippen LogP contribution in [0.25, 0.3) is 22.2 Å². The zero-order valence-electron chi connectivity index (χ0n) is 24.6. The molecule has 0 saturated carbocycles. The van der Waals surface area contributed by atoms with Crippen LogP contribution in [0.2, 0.25) is 0 Å². The van der Waals surface area contributed by atoms with Gasteiger partial charge in [0.25, 0.3) is 5.91 Å². The number of benzene rings is 2. The summed E-state index contributed by atoms with van der Waals surface area (Å²) in [5.74, 6) is -1.81. The molecule has 2 aliphatic heterocycles. The monoisotopic (exact) mass is 640 g/mol. The Labute approximate surface area is 259 Å². The number of aromatic nitrogens is 2. The van der Waals surface area contributed by atoms with E-state index in [2.05, 4.69) is 20.6 Å². The highest BCUT2D eigenvalue weighted by Crippen LogP contribution is 2.48. The van der Waals surface area contributed by atoms with Gasteiger partial charge in [-0.2, -0.15) is 13.2 Å². The zero-order valence-corrected chi connectivity index (χ0v) is 24.6. The van der Waals surface area contributed by atoms with Gasteiger partial charge in [0.05, 0.1) is 38.6 Å². The zero-order chi connectivity index (χ0) is 32.9. The summed E-state index contributed by atoms with van der Waals surface area (Å²) in [5.41, 5.74) is -5.61. The Bertz CT molecular complexity index is 1830. The Morgan fingerprint density at radius 3 is 2.52 bits per heavy atom. The molecule has 0 radical (unpaired) electrons. The minimum Gasteiger partial charge on any atom is -0.494 e. The van der Waals surface area contributed by atoms with Crippen molar-refractivity contribution in [2.75, 3.05) is 33.5 Å². The van der Waals surface area contributed by atoms with Gasteiger partial charge in [-0.3, -0.25) is 14.6 Å². The average Bonchev–Trinajstić information content (AvgIpc) is 3.37. The van der Waals surface area contributed by atoms with Crippen molar-refractivity contribution in [3.8, 4) is 22.8 Å². The van der Waals surface area contributed by atoms with E-state index in [1.165, 1.54) is 44.5 Å². The van der Waals surface area contributed by atoms with Gasteiger partial charge in [-0.15, -0.1) is 0 Å². The fourth-order valence-corrected chi connectivity index (χ4v) is 5.34. The lowest BCUT2D eigenvalue weighted by molar-refractivity contribution is -0.265. The molecule has 4 heterocycles. The van der Waals surface area contributed by atoms with Gasteiger partial charge in [0.15, 0.2) is 0 Å². The molecule has 2 atom stereocenters. The van der Waals surface area contributed by atoms with Crippen LogP contribution in [-0.4, -0.2) is 72.6 Å². The van der Waals surface area contributed by atoms with Crippen LogP contribution in [0.1, 0.15) is 28.5 Å². The summed E-state index contributed by atoms with van der Waals surface area (Å²) < 4.78 is 74.6. The fraction of sp³-hybridized carbons (Fsp3) is 0.312. The summed E-state index contributed by atoms with van der Waals surface area (Å²) in [6.07, 6.45) is -3.83. The maximum absolute atomic E-state index is 14.8. The number of fused-ring (bicyclic) bond motifs is 2. The summed E-state index contributed by atoms with van der Waals surface area (Å²) in [4.78, 5) is 35.0. The number of hydrogen-bond donors (Lipinski definition) is 3. The first kappa shape index (κ1) is 31.2. The SMILES string of the molecule is COc1cc(C(=O)NCC(O)(c2cc3c(c(-c4ccc(F)cc4)n2)OC[C@]3(C)C(=O)NC2COC2)C(F)(F)F)cc2cccnc12. The number of pyridine rings is 2. The first-order valence-corrected chi connectivity index (χ1v) is 14.2. The Morgan fingerprint density at radius 2 is 1.87 bits per heavy atom. The predicted octanol–water partition coefficient (Wildman–Crippen LogP) is 3.79. The summed E-state index contributed by atoms with van der Waals surface area (Å²) in [6, 6.07) is 11.5. The molecule has 3 N–H and O–H groups in total. The van der Waals surface area contributed by atoms with Crippen LogP contribution in [0.5, 0.6) is 11.5 Å². The van der Waals surface area contributed by atoms with Gasteiger partial charge >= 0.3 is 6.18 Å². The second kappa shape index (κ2) is 11.5. The standard InChI is InChI=1S/C32H28F4N4O6/c1-30(29(42)39-21-13-45-14-21)16-46-27-22(30)12-24(40-26(27)17-5-7-20(33)8-6-17)31(43,32(34,35)36)15-38-28(41)19-10-18-4-3-9-37-25(18)23(11-19)44-2/h3-12,21,43H,13-16H2,1-2H3,(H,38,41)(H,39,42)/t30-,31?/m0/s1. The Morgan fingerprint density at radius 1 is 1.13 bits per heavy atom. The van der Waals surface area contributed by atoms with Crippen LogP contribution >= 0.6 is 0 Å². The van der Waals surface area contributed by atoms with Gasteiger partial charge in [-0.05, 0) is 55.5 Å². The third-order valence-electron chi connectivity index (χ3n) is 8.21. The minimum absolute atomic E-state index is 0.0169. The van der Waals surface area contributed by atoms with Gasteiger partial charge in [0.1, 0.15) is 40.5 Å². The van der Waals surface area contributed by atoms with E-state index < -0.39 is 47.1 Å². The van der Waals surface area contributed by atoms with Gasteiger partial charge in [-0.25, -0.2) is 9.37 Å². The maximum atomic E-state index is 14.8. The van der Waals surface area contributed by atoms with Crippen LogP contribution in [0.15, 0.2) is 60.8 Å². The quantitative estimate of drug-likeness (QED) is 0.248. The number of carbonyl (C=O) groups is 2. The van der Waals surface area contributed by atoms with Crippen LogP contribution in [0.3, 0.4) is 0 Å². The molecule has 0 bridgehead atoms. The number of methoxy groups -OCH3 is 1. The molecule has 4 aromatic rings. The van der Waals surface area contributed by atoms with Crippen molar-refractivity contribution in [2.24, 2.45) is 0 Å². The number of aliphatic hydroxyl groups is 1. The number of hydrogen-bond acceptors (Lipinski definition) is 8. The van der Waals surface area contributed by atoms with Crippen LogP contribution < -0.4 is 20.1 Å². The maximum Gasteiger partial charge on any atom is 0.424 e. The molecule has 2 aromatic carbocycles. The molecule has 6 rings (SSSR count). The largest absolute Gasteiger partial charge is 0.494 e. The van der Waals surface area contributed by atoms with E-state index in [1.807, 2.05) is 0 Å². The molecular weight excluding hydrogens is 612 g/mol. The first-order valence-electron chi connectivity index (χ1n) is 14.2. The van der Waals surface area contributed by atoms with Crippen molar-refractivity contribution in [1.29, 1.82) is 0 Å². The van der Waals surface area contributed by atoms with Crippen molar-refractivity contribution < 1.29 is 46.5 Å². The molecule has 0 aliphatic carbocycles. The van der Waals surface area contributed by atoms with Crippen molar-refractivity contribution in [1.82, 2.24) is 20.6 Å². The molecule has 1 fully saturated rings. The molecule has 14 heteroatoms. The van der Waals surface area contributed by atoms with E-state index >= 15 is 0 Å². The highest BCUT2D eigenvalue weighted by Gasteiger charge is 2.58. The normalized spacial score (nSPS) is 19.0. The van der Waals surface area contributed by atoms with Crippen LogP contribution in [-0.2, 0) is 20.5 Å². The van der Waals surface area contributed by atoms with E-state index in [-0.39, 0.29) is 59.7 Å². The molecule has 2 aliphatic rings. The highest BCUT2D eigenvalue weighted by atomic mass is 19.4. The second-order valence-corrected chi connectivity index (χ2v) is 11.4. The summed E-state index contributed by atoms with van der Waals surface area (Å²) in [7, 11) is 1.36. The molecule has 2 aromatic heterocycles. The van der Waals surface area contributed by atoms with Crippen LogP contribution in [0.4, 0.5) is 17.6 Å². The van der Waals surface area contributed by atoms with Crippen LogP contribution in [0, 0.1) is 5.82 Å². The Balaban J connectivity index is 1.41. The van der Waals surface area contributed by atoms with Gasteiger partial charge < -0.3 is 30.0 Å². The summed E-state index contributed by atoms with van der Waals surface area (Å²) in [5, 5.41) is 16.9. The third-order valence-corrected chi connectivity index (χ3v) is 8.21. The Kier molecular flexibility index (Phi) is 7.81. The molecule has 2 amide bonds. The van der Waals surface area contributed by atoms with E-state index in [9.17, 15) is 32.3 Å². The number of ether oxygens (including phenoxy) is 3. The molecule has 0 spiro atoms. The van der Waals surface area contributed by atoms with Gasteiger partial charge in [0, 0.05) is 28.3 Å². The van der Waals surface area contributed by atoms with E-state index in [0.717, 1.165) is 18.2 Å². The lowest BCUT2D eigenvalue weighted by atomic mass is 9.81. The molecule has 1 unspecified atom stereocenters. The predicted molar refractivity (Wildman–Crippen MR) is 156 cm³/mol. The highest BCUT2D eigenvalue weighted by molar-refractivity contribution is 6.00. The average molecular weight is 641 g/mol. The topological polar surface area (TPSA) is 132 Å². The van der Waals surface area contributed by atoms with Gasteiger partial charge in [-0.1, -0.05) is 6.07 Å². The number of rotatable bonds is 8. The minimum atomic E-state index is -5.35. The second-order valence-electron chi connectivity index (χ2n) is 11.4. The van der Waals surface area contributed by atoms with E-state index in [4.69, 9.17) is 14.2 Å². The smallest absolute Gasteiger partial charge is 0.424 e. The molecule has 46 heavy (non-hydrogen) atoms. The lowest BCUT2D eigenvalue weighted by Gasteiger charge is -2.33. The lowest BCUT2D eigenvalue weighted by Crippen LogP contribution is -2.54. The number of nitrogens with one attached hydrogen (secondary N) is 2. The molecule has 1 saturated heterocycles. The van der Waals surface area contributed by atoms with Crippen molar-refractivity contribution in [2.45, 2.75) is 30.2 Å². The third kappa shape index (κ3) is 5.36. The number of alkyl halides is 3.